The summed E-state index contributed by atoms with van der Waals surface area (Å²) >= 11 is 5.94. The molecular weight excluding hydrogens is 254 g/mol. The van der Waals surface area contributed by atoms with Crippen LogP contribution in [0.4, 0.5) is 0 Å². The van der Waals surface area contributed by atoms with Crippen molar-refractivity contribution >= 4 is 23.4 Å². The van der Waals surface area contributed by atoms with Gasteiger partial charge >= 0.3 is 5.97 Å². The molecule has 0 heterocycles. The van der Waals surface area contributed by atoms with Gasteiger partial charge in [0.25, 0.3) is 0 Å². The topological polar surface area (TPSA) is 55.4 Å². The third-order valence-electron chi connectivity index (χ3n) is 2.49. The number of allylic oxidation sites excluding steroid dienone is 1. The molecule has 0 atom stereocenters. The minimum atomic E-state index is -0.688. The number of nitrogens with one attached hydrogen (secondary N) is 1. The summed E-state index contributed by atoms with van der Waals surface area (Å²) in [5.74, 6) is -1.15. The number of hydrogen-bond acceptors (Lipinski definition) is 4. The second-order valence-corrected chi connectivity index (χ2v) is 3.96. The van der Waals surface area contributed by atoms with Crippen molar-refractivity contribution in [3.8, 4) is 0 Å². The lowest BCUT2D eigenvalue weighted by Crippen LogP contribution is -2.21. The number of ketones is 1. The summed E-state index contributed by atoms with van der Waals surface area (Å²) in [6.45, 7) is 1.63. The molecule has 1 N–H and O–H groups in total. The highest BCUT2D eigenvalue weighted by Crippen LogP contribution is 2.20. The van der Waals surface area contributed by atoms with Crippen molar-refractivity contribution in [3.63, 3.8) is 0 Å². The van der Waals surface area contributed by atoms with Crippen molar-refractivity contribution in [2.24, 2.45) is 0 Å². The standard InChI is InChI=1S/C13H14ClNO3/c1-8(15-2)11(13(17)18-3)12(16)9-6-4-5-7-10(9)14/h4-7,15H,1-3H3/b11-8-. The van der Waals surface area contributed by atoms with Gasteiger partial charge in [-0.05, 0) is 19.1 Å². The summed E-state index contributed by atoms with van der Waals surface area (Å²) in [5.41, 5.74) is 0.661. The highest BCUT2D eigenvalue weighted by molar-refractivity contribution is 6.37. The van der Waals surface area contributed by atoms with E-state index >= 15 is 0 Å². The predicted octanol–water partition coefficient (Wildman–Crippen LogP) is 2.19. The molecule has 0 spiro atoms. The Morgan fingerprint density at radius 3 is 2.39 bits per heavy atom. The summed E-state index contributed by atoms with van der Waals surface area (Å²) in [6.07, 6.45) is 0. The molecule has 1 aromatic rings. The Hall–Kier alpha value is -1.81. The van der Waals surface area contributed by atoms with Crippen LogP contribution in [0.1, 0.15) is 17.3 Å². The van der Waals surface area contributed by atoms with Gasteiger partial charge in [0.05, 0.1) is 12.1 Å². The van der Waals surface area contributed by atoms with Gasteiger partial charge in [-0.2, -0.15) is 0 Å². The van der Waals surface area contributed by atoms with Crippen LogP contribution in [-0.4, -0.2) is 25.9 Å². The van der Waals surface area contributed by atoms with Crippen LogP contribution < -0.4 is 5.32 Å². The fourth-order valence-electron chi connectivity index (χ4n) is 1.42. The second-order valence-electron chi connectivity index (χ2n) is 3.55. The molecule has 0 saturated carbocycles. The van der Waals surface area contributed by atoms with Gasteiger partial charge in [-0.25, -0.2) is 4.79 Å². The van der Waals surface area contributed by atoms with Gasteiger partial charge in [0, 0.05) is 18.3 Å². The van der Waals surface area contributed by atoms with Crippen molar-refractivity contribution in [1.82, 2.24) is 5.32 Å². The Kier molecular flexibility index (Phi) is 4.92. The van der Waals surface area contributed by atoms with Crippen molar-refractivity contribution < 1.29 is 14.3 Å². The lowest BCUT2D eigenvalue weighted by Gasteiger charge is -2.10. The van der Waals surface area contributed by atoms with Crippen LogP contribution >= 0.6 is 11.6 Å². The molecule has 4 nitrogen and oxygen atoms in total. The van der Waals surface area contributed by atoms with Crippen LogP contribution in [0.25, 0.3) is 0 Å². The van der Waals surface area contributed by atoms with Gasteiger partial charge in [0.1, 0.15) is 5.57 Å². The smallest absolute Gasteiger partial charge is 0.343 e. The molecule has 0 bridgehead atoms. The number of esters is 1. The number of carbonyl (C=O) groups excluding carboxylic acids is 2. The van der Waals surface area contributed by atoms with E-state index in [0.29, 0.717) is 10.7 Å². The zero-order valence-electron chi connectivity index (χ0n) is 10.4. The Balaban J connectivity index is 3.29. The Labute approximate surface area is 111 Å². The molecule has 0 aromatic heterocycles. The first-order valence-electron chi connectivity index (χ1n) is 5.29. The monoisotopic (exact) mass is 267 g/mol. The number of Topliss-reactive ketones (excluding diaryl/α,β-unsaturated/α-hetero) is 1. The summed E-state index contributed by atoms with van der Waals surface area (Å²) < 4.78 is 4.62. The van der Waals surface area contributed by atoms with Crippen LogP contribution in [0.5, 0.6) is 0 Å². The predicted molar refractivity (Wildman–Crippen MR) is 69.6 cm³/mol. The molecule has 18 heavy (non-hydrogen) atoms. The fraction of sp³-hybridized carbons (Fsp3) is 0.231. The van der Waals surface area contributed by atoms with Crippen LogP contribution in [0.15, 0.2) is 35.5 Å². The third kappa shape index (κ3) is 2.90. The van der Waals surface area contributed by atoms with Crippen LogP contribution in [0.2, 0.25) is 5.02 Å². The van der Waals surface area contributed by atoms with Crippen molar-refractivity contribution in [1.29, 1.82) is 0 Å². The lowest BCUT2D eigenvalue weighted by atomic mass is 10.0. The largest absolute Gasteiger partial charge is 0.465 e. The van der Waals surface area contributed by atoms with E-state index < -0.39 is 11.8 Å². The minimum absolute atomic E-state index is 0.0481. The quantitative estimate of drug-likeness (QED) is 0.299. The number of methoxy groups -OCH3 is 1. The SMILES string of the molecule is CN/C(C)=C(\C(=O)OC)C(=O)c1ccccc1Cl. The van der Waals surface area contributed by atoms with Crippen LogP contribution in [0.3, 0.4) is 0 Å². The lowest BCUT2D eigenvalue weighted by molar-refractivity contribution is -0.135. The second kappa shape index (κ2) is 6.21. The van der Waals surface area contributed by atoms with Crippen LogP contribution in [-0.2, 0) is 9.53 Å². The molecule has 5 heteroatoms. The number of hydrogen-bond donors (Lipinski definition) is 1. The number of carbonyl (C=O) groups is 2. The van der Waals surface area contributed by atoms with E-state index in [1.54, 1.807) is 38.2 Å². The summed E-state index contributed by atoms with van der Waals surface area (Å²) in [6, 6.07) is 6.56. The Bertz CT molecular complexity index is 509. The van der Waals surface area contributed by atoms with E-state index in [2.05, 4.69) is 10.1 Å². The van der Waals surface area contributed by atoms with Gasteiger partial charge in [0.15, 0.2) is 0 Å². The Morgan fingerprint density at radius 2 is 1.89 bits per heavy atom. The average molecular weight is 268 g/mol. The zero-order valence-corrected chi connectivity index (χ0v) is 11.2. The van der Waals surface area contributed by atoms with Gasteiger partial charge < -0.3 is 10.1 Å². The maximum absolute atomic E-state index is 12.3. The molecule has 0 unspecified atom stereocenters. The maximum Gasteiger partial charge on any atom is 0.343 e. The number of ether oxygens (including phenoxy) is 1. The summed E-state index contributed by atoms with van der Waals surface area (Å²) in [7, 11) is 2.85. The molecular formula is C13H14ClNO3. The molecule has 96 valence electrons. The van der Waals surface area contributed by atoms with Gasteiger partial charge in [0.2, 0.25) is 5.78 Å². The zero-order chi connectivity index (χ0) is 13.7. The fourth-order valence-corrected chi connectivity index (χ4v) is 1.64. The first-order valence-corrected chi connectivity index (χ1v) is 5.66. The molecule has 1 aromatic carbocycles. The molecule has 0 saturated heterocycles. The van der Waals surface area contributed by atoms with E-state index in [1.807, 2.05) is 0 Å². The highest BCUT2D eigenvalue weighted by Gasteiger charge is 2.24. The summed E-state index contributed by atoms with van der Waals surface area (Å²) in [5, 5.41) is 3.06. The maximum atomic E-state index is 12.3. The molecule has 1 rings (SSSR count). The molecule has 0 radical (unpaired) electrons. The molecule has 0 aliphatic carbocycles. The highest BCUT2D eigenvalue weighted by atomic mass is 35.5. The molecule has 0 aliphatic rings. The van der Waals surface area contributed by atoms with Crippen molar-refractivity contribution in [2.45, 2.75) is 6.92 Å². The first-order chi connectivity index (χ1) is 8.52. The average Bonchev–Trinajstić information content (AvgIpc) is 2.38. The van der Waals surface area contributed by atoms with E-state index in [-0.39, 0.29) is 11.1 Å². The van der Waals surface area contributed by atoms with E-state index in [9.17, 15) is 9.59 Å². The number of benzene rings is 1. The normalized spacial score (nSPS) is 11.6. The Morgan fingerprint density at radius 1 is 1.28 bits per heavy atom. The van der Waals surface area contributed by atoms with Crippen molar-refractivity contribution in [2.75, 3.05) is 14.2 Å². The third-order valence-corrected chi connectivity index (χ3v) is 2.81. The van der Waals surface area contributed by atoms with Gasteiger partial charge in [-0.1, -0.05) is 23.7 Å². The van der Waals surface area contributed by atoms with E-state index in [4.69, 9.17) is 11.6 Å². The summed E-state index contributed by atoms with van der Waals surface area (Å²) in [4.78, 5) is 23.9. The first kappa shape index (κ1) is 14.3. The van der Waals surface area contributed by atoms with E-state index in [1.165, 1.54) is 7.11 Å². The van der Waals surface area contributed by atoms with Crippen molar-refractivity contribution in [3.05, 3.63) is 46.1 Å². The van der Waals surface area contributed by atoms with Gasteiger partial charge in [-0.15, -0.1) is 0 Å². The molecule has 0 amide bonds. The number of halogens is 1. The molecule has 0 aliphatic heterocycles. The number of rotatable bonds is 4. The van der Waals surface area contributed by atoms with E-state index in [0.717, 1.165) is 0 Å². The van der Waals surface area contributed by atoms with Crippen LogP contribution in [0, 0.1) is 0 Å². The minimum Gasteiger partial charge on any atom is -0.465 e. The molecule has 0 fully saturated rings. The van der Waals surface area contributed by atoms with Gasteiger partial charge in [-0.3, -0.25) is 4.79 Å².